The summed E-state index contributed by atoms with van der Waals surface area (Å²) < 4.78 is 3.70. The lowest BCUT2D eigenvalue weighted by molar-refractivity contribution is -0.117. The predicted molar refractivity (Wildman–Crippen MR) is 150 cm³/mol. The van der Waals surface area contributed by atoms with Gasteiger partial charge in [-0.2, -0.15) is 4.98 Å². The van der Waals surface area contributed by atoms with Gasteiger partial charge < -0.3 is 9.47 Å². The number of pyridine rings is 1. The summed E-state index contributed by atoms with van der Waals surface area (Å²) in [6.45, 7) is 0.762. The summed E-state index contributed by atoms with van der Waals surface area (Å²) in [6, 6.07) is 20.6. The zero-order valence-electron chi connectivity index (χ0n) is 21.9. The van der Waals surface area contributed by atoms with Crippen molar-refractivity contribution in [3.05, 3.63) is 84.2 Å². The molecule has 2 fully saturated rings. The van der Waals surface area contributed by atoms with Crippen LogP contribution in [0.5, 0.6) is 0 Å². The maximum absolute atomic E-state index is 14.0. The van der Waals surface area contributed by atoms with Crippen molar-refractivity contribution in [3.8, 4) is 11.1 Å². The van der Waals surface area contributed by atoms with Crippen LogP contribution in [0.3, 0.4) is 0 Å². The molecule has 1 saturated heterocycles. The fourth-order valence-electron chi connectivity index (χ4n) is 5.77. The molecule has 4 heterocycles. The molecule has 1 saturated carbocycles. The minimum absolute atomic E-state index is 0.0129. The number of carbonyl (C=O) groups excluding carboxylic acids is 2. The number of amides is 2. The summed E-state index contributed by atoms with van der Waals surface area (Å²) in [5.41, 5.74) is 5.56. The van der Waals surface area contributed by atoms with E-state index in [0.29, 0.717) is 11.6 Å². The Kier molecular flexibility index (Phi) is 5.68. The monoisotopic (exact) mass is 518 g/mol. The first-order chi connectivity index (χ1) is 19.0. The molecule has 2 amide bonds. The second kappa shape index (κ2) is 9.38. The zero-order chi connectivity index (χ0) is 26.5. The van der Waals surface area contributed by atoms with Crippen molar-refractivity contribution in [2.24, 2.45) is 13.0 Å². The fraction of sp³-hybridized carbons (Fsp3) is 0.290. The lowest BCUT2D eigenvalue weighted by Gasteiger charge is -2.36. The van der Waals surface area contributed by atoms with Gasteiger partial charge in [0.2, 0.25) is 11.9 Å². The van der Waals surface area contributed by atoms with Gasteiger partial charge >= 0.3 is 0 Å². The van der Waals surface area contributed by atoms with E-state index in [-0.39, 0.29) is 23.8 Å². The summed E-state index contributed by atoms with van der Waals surface area (Å²) in [6.07, 6.45) is 8.80. The van der Waals surface area contributed by atoms with Crippen LogP contribution in [-0.4, -0.2) is 42.4 Å². The third-order valence-corrected chi connectivity index (χ3v) is 8.02. The first kappa shape index (κ1) is 23.6. The molecular weight excluding hydrogens is 488 g/mol. The number of rotatable bonds is 5. The van der Waals surface area contributed by atoms with Gasteiger partial charge in [0.25, 0.3) is 5.91 Å². The van der Waals surface area contributed by atoms with Gasteiger partial charge in [0.1, 0.15) is 0 Å². The van der Waals surface area contributed by atoms with E-state index < -0.39 is 0 Å². The van der Waals surface area contributed by atoms with Crippen LogP contribution in [0.15, 0.2) is 73.1 Å². The molecule has 1 unspecified atom stereocenters. The van der Waals surface area contributed by atoms with Crippen molar-refractivity contribution in [1.29, 1.82) is 0 Å². The van der Waals surface area contributed by atoms with Crippen LogP contribution in [0.2, 0.25) is 0 Å². The van der Waals surface area contributed by atoms with Crippen molar-refractivity contribution in [1.82, 2.24) is 24.1 Å². The molecule has 8 nitrogen and oxygen atoms in total. The molecule has 39 heavy (non-hydrogen) atoms. The number of likely N-dealkylation sites (tertiary alicyclic amines) is 1. The highest BCUT2D eigenvalue weighted by atomic mass is 16.2. The van der Waals surface area contributed by atoms with Gasteiger partial charge in [-0.05, 0) is 73.1 Å². The molecule has 1 N–H and O–H groups in total. The summed E-state index contributed by atoms with van der Waals surface area (Å²) in [4.78, 5) is 32.7. The van der Waals surface area contributed by atoms with Crippen LogP contribution in [-0.2, 0) is 11.8 Å². The van der Waals surface area contributed by atoms with Gasteiger partial charge in [0.15, 0.2) is 5.65 Å². The quantitative estimate of drug-likeness (QED) is 0.328. The van der Waals surface area contributed by atoms with Crippen LogP contribution in [0.4, 0.5) is 5.95 Å². The Bertz CT molecular complexity index is 1720. The van der Waals surface area contributed by atoms with E-state index in [2.05, 4.69) is 50.6 Å². The Morgan fingerprint density at radius 3 is 2.59 bits per heavy atom. The maximum Gasteiger partial charge on any atom is 0.256 e. The zero-order valence-corrected chi connectivity index (χ0v) is 21.9. The fourth-order valence-corrected chi connectivity index (χ4v) is 5.77. The van der Waals surface area contributed by atoms with Crippen molar-refractivity contribution >= 4 is 34.3 Å². The summed E-state index contributed by atoms with van der Waals surface area (Å²) in [7, 11) is 1.99. The summed E-state index contributed by atoms with van der Waals surface area (Å²) in [5.74, 6) is 0.482. The van der Waals surface area contributed by atoms with E-state index >= 15 is 0 Å². The van der Waals surface area contributed by atoms with Gasteiger partial charge in [0, 0.05) is 42.8 Å². The lowest BCUT2D eigenvalue weighted by Crippen LogP contribution is -2.38. The molecule has 1 aliphatic heterocycles. The second-order valence-electron chi connectivity index (χ2n) is 10.7. The molecular formula is C31H30N6O2. The van der Waals surface area contributed by atoms with Crippen LogP contribution < -0.4 is 5.32 Å². The highest BCUT2D eigenvalue weighted by Crippen LogP contribution is 2.35. The number of aromatic nitrogens is 4. The predicted octanol–water partition coefficient (Wildman–Crippen LogP) is 5.60. The molecule has 0 radical (unpaired) electrons. The number of aryl methyl sites for hydroxylation is 1. The van der Waals surface area contributed by atoms with E-state index in [1.54, 1.807) is 4.52 Å². The van der Waals surface area contributed by atoms with E-state index in [9.17, 15) is 9.59 Å². The highest BCUT2D eigenvalue weighted by molar-refractivity contribution is 6.08. The molecule has 3 aromatic heterocycles. The molecule has 8 heteroatoms. The molecule has 0 spiro atoms. The third kappa shape index (κ3) is 4.35. The summed E-state index contributed by atoms with van der Waals surface area (Å²) in [5, 5.41) is 8.15. The summed E-state index contributed by atoms with van der Waals surface area (Å²) >= 11 is 0. The average molecular weight is 519 g/mol. The minimum atomic E-state index is -0.0129. The Morgan fingerprint density at radius 2 is 1.77 bits per heavy atom. The Hall–Kier alpha value is -4.46. The van der Waals surface area contributed by atoms with E-state index in [0.717, 1.165) is 66.2 Å². The number of nitrogens with zero attached hydrogens (tertiary/aromatic N) is 5. The Labute approximate surface area is 226 Å². The topological polar surface area (TPSA) is 84.5 Å². The molecule has 1 aliphatic carbocycles. The number of nitrogens with one attached hydrogen (secondary N) is 1. The van der Waals surface area contributed by atoms with E-state index in [1.165, 1.54) is 5.56 Å². The smallest absolute Gasteiger partial charge is 0.256 e. The van der Waals surface area contributed by atoms with Gasteiger partial charge in [-0.15, -0.1) is 5.10 Å². The van der Waals surface area contributed by atoms with Gasteiger partial charge in [-0.25, -0.2) is 4.52 Å². The molecule has 196 valence electrons. The van der Waals surface area contributed by atoms with Crippen LogP contribution in [0, 0.1) is 5.92 Å². The molecule has 0 bridgehead atoms. The van der Waals surface area contributed by atoms with Crippen LogP contribution in [0.25, 0.3) is 27.7 Å². The minimum Gasteiger partial charge on any atom is -0.350 e. The van der Waals surface area contributed by atoms with Gasteiger partial charge in [0.05, 0.1) is 11.6 Å². The molecule has 2 aromatic carbocycles. The van der Waals surface area contributed by atoms with Crippen molar-refractivity contribution in [2.45, 2.75) is 38.1 Å². The number of hydrogen-bond donors (Lipinski definition) is 1. The van der Waals surface area contributed by atoms with E-state index in [4.69, 9.17) is 0 Å². The molecule has 7 rings (SSSR count). The Morgan fingerprint density at radius 1 is 0.949 bits per heavy atom. The second-order valence-corrected chi connectivity index (χ2v) is 10.7. The van der Waals surface area contributed by atoms with Crippen LogP contribution in [0.1, 0.15) is 54.1 Å². The average Bonchev–Trinajstić information content (AvgIpc) is 3.68. The molecule has 1 atom stereocenters. The molecule has 2 aliphatic rings. The standard InChI is InChI=1S/C31H30N6O2/c1-35-19-25(30(39)36-15-6-5-9-26(36)20-7-3-2-4-8-20)24-17-22(12-13-27(24)35)23-14-16-37-28(18-23)32-31(34-37)33-29(38)21-10-11-21/h2-4,7-8,12-14,16-19,21,26H,5-6,9-11,15H2,1H3,(H,33,34,38). The van der Waals surface area contributed by atoms with Crippen LogP contribution >= 0.6 is 0 Å². The number of carbonyl (C=O) groups is 2. The van der Waals surface area contributed by atoms with E-state index in [1.807, 2.05) is 54.3 Å². The number of piperidine rings is 1. The SMILES string of the molecule is Cn1cc(C(=O)N2CCCCC2c2ccccc2)c2cc(-c3ccn4nc(NC(=O)C5CC5)nc4c3)ccc21. The maximum atomic E-state index is 14.0. The van der Waals surface area contributed by atoms with Gasteiger partial charge in [-0.3, -0.25) is 14.9 Å². The number of hydrogen-bond acceptors (Lipinski definition) is 4. The molecule has 5 aromatic rings. The first-order valence-electron chi connectivity index (χ1n) is 13.7. The lowest BCUT2D eigenvalue weighted by atomic mass is 9.94. The van der Waals surface area contributed by atoms with Crippen molar-refractivity contribution in [2.75, 3.05) is 11.9 Å². The van der Waals surface area contributed by atoms with Gasteiger partial charge in [-0.1, -0.05) is 36.4 Å². The normalized spacial score (nSPS) is 17.6. The largest absolute Gasteiger partial charge is 0.350 e. The third-order valence-electron chi connectivity index (χ3n) is 8.02. The number of benzene rings is 2. The highest BCUT2D eigenvalue weighted by Gasteiger charge is 2.31. The first-order valence-corrected chi connectivity index (χ1v) is 13.7. The number of anilines is 1. The Balaban J connectivity index is 1.22. The number of fused-ring (bicyclic) bond motifs is 2. The van der Waals surface area contributed by atoms with Crippen molar-refractivity contribution in [3.63, 3.8) is 0 Å². The van der Waals surface area contributed by atoms with Crippen molar-refractivity contribution < 1.29 is 9.59 Å².